The number of fused-ring (bicyclic) bond motifs is 3. The van der Waals surface area contributed by atoms with Crippen LogP contribution in [0.15, 0.2) is 48.5 Å². The molecule has 4 rings (SSSR count). The van der Waals surface area contributed by atoms with E-state index in [0.717, 1.165) is 16.7 Å². The van der Waals surface area contributed by atoms with Gasteiger partial charge in [0.2, 0.25) is 0 Å². The van der Waals surface area contributed by atoms with Crippen LogP contribution in [0.25, 0.3) is 11.1 Å². The number of carboxylic acid groups (broad SMARTS) is 1. The molecule has 1 N–H and O–H groups in total. The molecule has 0 unspecified atom stereocenters. The van der Waals surface area contributed by atoms with E-state index >= 15 is 0 Å². The lowest BCUT2D eigenvalue weighted by molar-refractivity contribution is -0.138. The van der Waals surface area contributed by atoms with Gasteiger partial charge in [-0.2, -0.15) is 0 Å². The highest BCUT2D eigenvalue weighted by Gasteiger charge is 2.37. The Morgan fingerprint density at radius 2 is 1.90 bits per heavy atom. The second-order valence-electron chi connectivity index (χ2n) is 8.02. The summed E-state index contributed by atoms with van der Waals surface area (Å²) in [5.41, 5.74) is 3.77. The first-order valence-electron chi connectivity index (χ1n) is 10.00. The molecule has 2 atom stereocenters. The van der Waals surface area contributed by atoms with E-state index in [1.165, 1.54) is 0 Å². The van der Waals surface area contributed by atoms with E-state index in [9.17, 15) is 14.7 Å². The molecule has 0 aliphatic carbocycles. The number of carboxylic acids is 1. The van der Waals surface area contributed by atoms with Gasteiger partial charge in [0, 0.05) is 31.1 Å². The van der Waals surface area contributed by atoms with E-state index in [1.807, 2.05) is 59.2 Å². The molecule has 1 amide bonds. The molecule has 152 valence electrons. The fourth-order valence-corrected chi connectivity index (χ4v) is 4.40. The number of rotatable bonds is 4. The van der Waals surface area contributed by atoms with E-state index in [-0.39, 0.29) is 24.4 Å². The Hall–Kier alpha value is -2.70. The van der Waals surface area contributed by atoms with Crippen LogP contribution < -0.4 is 0 Å². The molecule has 2 aliphatic heterocycles. The van der Waals surface area contributed by atoms with E-state index < -0.39 is 5.97 Å². The van der Waals surface area contributed by atoms with E-state index in [0.29, 0.717) is 38.4 Å². The number of amides is 1. The summed E-state index contributed by atoms with van der Waals surface area (Å²) < 4.78 is 5.79. The average molecular weight is 394 g/mol. The van der Waals surface area contributed by atoms with Gasteiger partial charge in [0.1, 0.15) is 0 Å². The van der Waals surface area contributed by atoms with E-state index in [2.05, 4.69) is 6.07 Å². The first-order valence-corrected chi connectivity index (χ1v) is 10.00. The van der Waals surface area contributed by atoms with Crippen molar-refractivity contribution in [1.29, 1.82) is 0 Å². The van der Waals surface area contributed by atoms with E-state index in [1.54, 1.807) is 0 Å². The average Bonchev–Trinajstić information content (AvgIpc) is 2.98. The molecule has 6 heteroatoms. The van der Waals surface area contributed by atoms with Gasteiger partial charge in [-0.1, -0.05) is 48.0 Å². The van der Waals surface area contributed by atoms with Gasteiger partial charge in [-0.3, -0.25) is 14.5 Å². The van der Waals surface area contributed by atoms with Crippen LogP contribution in [0.5, 0.6) is 0 Å². The molecule has 2 heterocycles. The molecule has 2 bridgehead atoms. The Morgan fingerprint density at radius 1 is 1.07 bits per heavy atom. The summed E-state index contributed by atoms with van der Waals surface area (Å²) in [4.78, 5) is 28.7. The number of hydrogen-bond donors (Lipinski definition) is 1. The Morgan fingerprint density at radius 3 is 2.69 bits per heavy atom. The summed E-state index contributed by atoms with van der Waals surface area (Å²) in [6.45, 7) is 4.76. The number of carbonyl (C=O) groups is 2. The maximum absolute atomic E-state index is 13.6. The normalized spacial score (nSPS) is 22.2. The van der Waals surface area contributed by atoms with Crippen LogP contribution in [0.3, 0.4) is 0 Å². The minimum Gasteiger partial charge on any atom is -0.480 e. The Kier molecular flexibility index (Phi) is 5.65. The summed E-state index contributed by atoms with van der Waals surface area (Å²) in [5.74, 6) is -0.745. The summed E-state index contributed by atoms with van der Waals surface area (Å²) >= 11 is 0. The lowest BCUT2D eigenvalue weighted by Gasteiger charge is -2.31. The molecule has 2 aromatic rings. The molecule has 6 nitrogen and oxygen atoms in total. The minimum absolute atomic E-state index is 0.00505. The first-order chi connectivity index (χ1) is 14.0. The Bertz CT molecular complexity index is 913. The fraction of sp³-hybridized carbons (Fsp3) is 0.391. The van der Waals surface area contributed by atoms with Crippen molar-refractivity contribution in [2.75, 3.05) is 39.4 Å². The predicted octanol–water partition coefficient (Wildman–Crippen LogP) is 2.52. The predicted molar refractivity (Wildman–Crippen MR) is 110 cm³/mol. The van der Waals surface area contributed by atoms with Gasteiger partial charge in [0.25, 0.3) is 5.91 Å². The number of benzene rings is 2. The van der Waals surface area contributed by atoms with Crippen LogP contribution in [0.4, 0.5) is 0 Å². The van der Waals surface area contributed by atoms with Gasteiger partial charge in [-0.05, 0) is 24.1 Å². The SMILES string of the molecule is Cc1cccc(-c2ccccc2C(=O)N2C[C@H]3COC[C@@H]2CN(CC(=O)O)C3)c1. The third-order valence-electron chi connectivity index (χ3n) is 5.65. The van der Waals surface area contributed by atoms with Crippen LogP contribution in [-0.2, 0) is 9.53 Å². The zero-order valence-electron chi connectivity index (χ0n) is 16.6. The van der Waals surface area contributed by atoms with E-state index in [4.69, 9.17) is 4.74 Å². The molecule has 0 radical (unpaired) electrons. The Balaban J connectivity index is 1.65. The first kappa shape index (κ1) is 19.6. The van der Waals surface area contributed by atoms with Crippen LogP contribution in [0.2, 0.25) is 0 Å². The van der Waals surface area contributed by atoms with Crippen LogP contribution in [-0.4, -0.2) is 72.2 Å². The number of ether oxygens (including phenoxy) is 1. The molecule has 2 saturated heterocycles. The number of nitrogens with zero attached hydrogens (tertiary/aromatic N) is 2. The van der Waals surface area contributed by atoms with Crippen molar-refractivity contribution in [2.45, 2.75) is 13.0 Å². The zero-order valence-corrected chi connectivity index (χ0v) is 16.6. The maximum atomic E-state index is 13.6. The van der Waals surface area contributed by atoms with Gasteiger partial charge in [0.05, 0.1) is 25.8 Å². The molecule has 29 heavy (non-hydrogen) atoms. The molecule has 2 aliphatic rings. The summed E-state index contributed by atoms with van der Waals surface area (Å²) in [6.07, 6.45) is 0. The van der Waals surface area contributed by atoms with Crippen LogP contribution >= 0.6 is 0 Å². The molecule has 2 fully saturated rings. The topological polar surface area (TPSA) is 70.1 Å². The van der Waals surface area contributed by atoms with Gasteiger partial charge in [0.15, 0.2) is 0 Å². The molecular formula is C23H26N2O4. The molecule has 0 saturated carbocycles. The largest absolute Gasteiger partial charge is 0.480 e. The minimum atomic E-state index is -0.839. The lowest BCUT2D eigenvalue weighted by atomic mass is 9.97. The number of hydrogen-bond acceptors (Lipinski definition) is 4. The highest BCUT2D eigenvalue weighted by Crippen LogP contribution is 2.28. The van der Waals surface area contributed by atoms with Crippen molar-refractivity contribution in [1.82, 2.24) is 9.80 Å². The van der Waals surface area contributed by atoms with Gasteiger partial charge in [-0.25, -0.2) is 0 Å². The fourth-order valence-electron chi connectivity index (χ4n) is 4.40. The quantitative estimate of drug-likeness (QED) is 0.863. The maximum Gasteiger partial charge on any atom is 0.317 e. The van der Waals surface area contributed by atoms with Crippen LogP contribution in [0.1, 0.15) is 15.9 Å². The Labute approximate surface area is 170 Å². The summed E-state index contributed by atoms with van der Waals surface area (Å²) in [5, 5.41) is 9.21. The molecule has 0 spiro atoms. The zero-order chi connectivity index (χ0) is 20.4. The van der Waals surface area contributed by atoms with Crippen molar-refractivity contribution in [3.05, 3.63) is 59.7 Å². The number of aliphatic carboxylic acids is 1. The van der Waals surface area contributed by atoms with Crippen molar-refractivity contribution < 1.29 is 19.4 Å². The van der Waals surface area contributed by atoms with Crippen molar-refractivity contribution >= 4 is 11.9 Å². The van der Waals surface area contributed by atoms with Crippen molar-refractivity contribution in [2.24, 2.45) is 5.92 Å². The summed E-state index contributed by atoms with van der Waals surface area (Å²) in [7, 11) is 0. The highest BCUT2D eigenvalue weighted by atomic mass is 16.5. The number of aryl methyl sites for hydroxylation is 1. The number of carbonyl (C=O) groups excluding carboxylic acids is 1. The third kappa shape index (κ3) is 4.33. The third-order valence-corrected chi connectivity index (χ3v) is 5.65. The van der Waals surface area contributed by atoms with Crippen molar-refractivity contribution in [3.63, 3.8) is 0 Å². The standard InChI is InChI=1S/C23H26N2O4/c1-16-5-4-6-18(9-16)20-7-2-3-8-21(20)23(28)25-11-17-10-24(13-22(26)27)12-19(25)15-29-14-17/h2-9,17,19H,10-15H2,1H3,(H,26,27)/t17-,19-/m0/s1. The van der Waals surface area contributed by atoms with Crippen LogP contribution in [0, 0.1) is 12.8 Å². The monoisotopic (exact) mass is 394 g/mol. The lowest BCUT2D eigenvalue weighted by Crippen LogP contribution is -2.47. The second-order valence-corrected chi connectivity index (χ2v) is 8.02. The second kappa shape index (κ2) is 8.35. The highest BCUT2D eigenvalue weighted by molar-refractivity contribution is 6.01. The summed E-state index contributed by atoms with van der Waals surface area (Å²) in [6, 6.07) is 15.7. The van der Waals surface area contributed by atoms with Crippen molar-refractivity contribution in [3.8, 4) is 11.1 Å². The van der Waals surface area contributed by atoms with Gasteiger partial charge < -0.3 is 14.7 Å². The molecule has 0 aromatic heterocycles. The van der Waals surface area contributed by atoms with Gasteiger partial charge in [-0.15, -0.1) is 0 Å². The smallest absolute Gasteiger partial charge is 0.317 e. The molecular weight excluding hydrogens is 368 g/mol. The molecule has 2 aromatic carbocycles. The van der Waals surface area contributed by atoms with Gasteiger partial charge >= 0.3 is 5.97 Å².